The lowest BCUT2D eigenvalue weighted by molar-refractivity contribution is -0.137. The van der Waals surface area contributed by atoms with Crippen LogP contribution >= 0.6 is 0 Å². The summed E-state index contributed by atoms with van der Waals surface area (Å²) in [6.45, 7) is 1.90. The molecule has 2 aromatic carbocycles. The highest BCUT2D eigenvalue weighted by Crippen LogP contribution is 2.30. The van der Waals surface area contributed by atoms with Gasteiger partial charge in [0.05, 0.1) is 5.56 Å². The summed E-state index contributed by atoms with van der Waals surface area (Å²) < 4.78 is 38.2. The summed E-state index contributed by atoms with van der Waals surface area (Å²) in [7, 11) is 0. The van der Waals surface area contributed by atoms with Gasteiger partial charge in [0, 0.05) is 22.8 Å². The Labute approximate surface area is 140 Å². The molecule has 0 aliphatic carbocycles. The third-order valence-corrected chi connectivity index (χ3v) is 3.76. The average molecular weight is 346 g/mol. The standard InChI is InChI=1S/C18H13F3N2O2/c1-10-2-5-12(6-3-10)23-17(25)14-9-22-15-8-11(18(19,20)21)4-7-13(15)16(14)24/h2-9H,1H3,(H,22,24)(H,23,25). The van der Waals surface area contributed by atoms with Crippen LogP contribution in [0.5, 0.6) is 0 Å². The van der Waals surface area contributed by atoms with Crippen LogP contribution in [-0.2, 0) is 6.18 Å². The van der Waals surface area contributed by atoms with E-state index in [1.54, 1.807) is 24.3 Å². The van der Waals surface area contributed by atoms with Crippen molar-refractivity contribution >= 4 is 22.5 Å². The molecule has 0 aliphatic rings. The molecule has 3 aromatic rings. The molecule has 3 rings (SSSR count). The molecule has 7 heteroatoms. The molecule has 25 heavy (non-hydrogen) atoms. The maximum Gasteiger partial charge on any atom is 0.416 e. The van der Waals surface area contributed by atoms with Gasteiger partial charge in [-0.05, 0) is 37.3 Å². The fourth-order valence-corrected chi connectivity index (χ4v) is 2.40. The minimum Gasteiger partial charge on any atom is -0.360 e. The van der Waals surface area contributed by atoms with Crippen molar-refractivity contribution in [2.75, 3.05) is 5.32 Å². The highest BCUT2D eigenvalue weighted by atomic mass is 19.4. The molecule has 0 fully saturated rings. The Morgan fingerprint density at radius 2 is 1.76 bits per heavy atom. The fourth-order valence-electron chi connectivity index (χ4n) is 2.40. The predicted octanol–water partition coefficient (Wildman–Crippen LogP) is 4.11. The lowest BCUT2D eigenvalue weighted by Gasteiger charge is -2.09. The molecule has 1 aromatic heterocycles. The number of hydrogen-bond donors (Lipinski definition) is 2. The van der Waals surface area contributed by atoms with Gasteiger partial charge in [0.2, 0.25) is 5.43 Å². The van der Waals surface area contributed by atoms with Crippen molar-refractivity contribution in [3.63, 3.8) is 0 Å². The van der Waals surface area contributed by atoms with E-state index in [1.807, 2.05) is 6.92 Å². The number of fused-ring (bicyclic) bond motifs is 1. The highest BCUT2D eigenvalue weighted by molar-refractivity contribution is 6.05. The molecule has 0 spiro atoms. The van der Waals surface area contributed by atoms with Crippen LogP contribution in [0.25, 0.3) is 10.9 Å². The number of nitrogens with one attached hydrogen (secondary N) is 2. The second-order valence-electron chi connectivity index (χ2n) is 5.61. The number of H-pyrrole nitrogens is 1. The van der Waals surface area contributed by atoms with Crippen LogP contribution in [0.4, 0.5) is 18.9 Å². The Balaban J connectivity index is 1.97. The van der Waals surface area contributed by atoms with Gasteiger partial charge in [0.25, 0.3) is 5.91 Å². The molecule has 4 nitrogen and oxygen atoms in total. The molecule has 0 bridgehead atoms. The summed E-state index contributed by atoms with van der Waals surface area (Å²) in [4.78, 5) is 27.3. The number of halogens is 3. The number of anilines is 1. The third kappa shape index (κ3) is 3.40. The van der Waals surface area contributed by atoms with E-state index in [1.165, 1.54) is 0 Å². The van der Waals surface area contributed by atoms with Gasteiger partial charge >= 0.3 is 6.18 Å². The van der Waals surface area contributed by atoms with Crippen molar-refractivity contribution in [1.82, 2.24) is 4.98 Å². The molecule has 128 valence electrons. The van der Waals surface area contributed by atoms with Crippen molar-refractivity contribution < 1.29 is 18.0 Å². The molecule has 0 unspecified atom stereocenters. The fraction of sp³-hybridized carbons (Fsp3) is 0.111. The zero-order valence-corrected chi connectivity index (χ0v) is 13.1. The van der Waals surface area contributed by atoms with Crippen molar-refractivity contribution in [3.05, 3.63) is 75.6 Å². The zero-order chi connectivity index (χ0) is 18.2. The van der Waals surface area contributed by atoms with E-state index in [9.17, 15) is 22.8 Å². The Morgan fingerprint density at radius 1 is 1.08 bits per heavy atom. The Morgan fingerprint density at radius 3 is 2.40 bits per heavy atom. The van der Waals surface area contributed by atoms with Crippen LogP contribution in [0.2, 0.25) is 0 Å². The summed E-state index contributed by atoms with van der Waals surface area (Å²) in [5.41, 5.74) is -0.122. The largest absolute Gasteiger partial charge is 0.416 e. The number of rotatable bonds is 2. The molecule has 1 amide bonds. The van der Waals surface area contributed by atoms with E-state index < -0.39 is 23.1 Å². The first-order valence-corrected chi connectivity index (χ1v) is 7.36. The molecule has 2 N–H and O–H groups in total. The first kappa shape index (κ1) is 16.8. The molecule has 0 saturated heterocycles. The van der Waals surface area contributed by atoms with E-state index in [4.69, 9.17) is 0 Å². The third-order valence-electron chi connectivity index (χ3n) is 3.76. The van der Waals surface area contributed by atoms with Crippen LogP contribution < -0.4 is 10.7 Å². The van der Waals surface area contributed by atoms with Crippen LogP contribution in [0.15, 0.2) is 53.5 Å². The van der Waals surface area contributed by atoms with Crippen LogP contribution in [0.1, 0.15) is 21.5 Å². The van der Waals surface area contributed by atoms with Crippen molar-refractivity contribution in [3.8, 4) is 0 Å². The maximum absolute atomic E-state index is 12.7. The summed E-state index contributed by atoms with van der Waals surface area (Å²) >= 11 is 0. The van der Waals surface area contributed by atoms with Gasteiger partial charge in [-0.2, -0.15) is 13.2 Å². The monoisotopic (exact) mass is 346 g/mol. The lowest BCUT2D eigenvalue weighted by Crippen LogP contribution is -2.22. The number of hydrogen-bond acceptors (Lipinski definition) is 2. The first-order chi connectivity index (χ1) is 11.8. The SMILES string of the molecule is Cc1ccc(NC(=O)c2c[nH]c3cc(C(F)(F)F)ccc3c2=O)cc1. The number of carbonyl (C=O) groups is 1. The quantitative estimate of drug-likeness (QED) is 0.734. The van der Waals surface area contributed by atoms with Crippen LogP contribution in [0, 0.1) is 6.92 Å². The van der Waals surface area contributed by atoms with Gasteiger partial charge < -0.3 is 10.3 Å². The van der Waals surface area contributed by atoms with Gasteiger partial charge in [0.15, 0.2) is 0 Å². The number of aromatic nitrogens is 1. The van der Waals surface area contributed by atoms with E-state index in [2.05, 4.69) is 10.3 Å². The van der Waals surface area contributed by atoms with Crippen molar-refractivity contribution in [2.24, 2.45) is 0 Å². The van der Waals surface area contributed by atoms with Crippen LogP contribution in [0.3, 0.4) is 0 Å². The van der Waals surface area contributed by atoms with Gasteiger partial charge in [-0.1, -0.05) is 17.7 Å². The summed E-state index contributed by atoms with van der Waals surface area (Å²) in [5, 5.41) is 2.61. The number of carbonyl (C=O) groups excluding carboxylic acids is 1. The van der Waals surface area contributed by atoms with E-state index in [-0.39, 0.29) is 16.5 Å². The zero-order valence-electron chi connectivity index (χ0n) is 13.1. The second-order valence-corrected chi connectivity index (χ2v) is 5.61. The van der Waals surface area contributed by atoms with Crippen molar-refractivity contribution in [1.29, 1.82) is 0 Å². The number of benzene rings is 2. The molecular weight excluding hydrogens is 333 g/mol. The topological polar surface area (TPSA) is 62.0 Å². The van der Waals surface area contributed by atoms with Crippen molar-refractivity contribution in [2.45, 2.75) is 13.1 Å². The summed E-state index contributed by atoms with van der Waals surface area (Å²) in [6.07, 6.45) is -3.39. The minimum atomic E-state index is -4.51. The smallest absolute Gasteiger partial charge is 0.360 e. The number of alkyl halides is 3. The average Bonchev–Trinajstić information content (AvgIpc) is 2.56. The van der Waals surface area contributed by atoms with E-state index in [0.29, 0.717) is 5.69 Å². The summed E-state index contributed by atoms with van der Waals surface area (Å²) in [5.74, 6) is -0.632. The first-order valence-electron chi connectivity index (χ1n) is 7.36. The van der Waals surface area contributed by atoms with E-state index >= 15 is 0 Å². The van der Waals surface area contributed by atoms with Gasteiger partial charge in [-0.3, -0.25) is 9.59 Å². The maximum atomic E-state index is 12.7. The van der Waals surface area contributed by atoms with Gasteiger partial charge in [-0.15, -0.1) is 0 Å². The molecular formula is C18H13F3N2O2. The molecule has 1 heterocycles. The Kier molecular flexibility index (Phi) is 4.08. The molecule has 0 saturated carbocycles. The Bertz CT molecular complexity index is 1010. The number of pyridine rings is 1. The van der Waals surface area contributed by atoms with Gasteiger partial charge in [0.1, 0.15) is 5.56 Å². The Hall–Kier alpha value is -3.09. The minimum absolute atomic E-state index is 0.0181. The number of aryl methyl sites for hydroxylation is 1. The molecule has 0 aliphatic heterocycles. The lowest BCUT2D eigenvalue weighted by atomic mass is 10.1. The normalized spacial score (nSPS) is 11.5. The van der Waals surface area contributed by atoms with Crippen LogP contribution in [-0.4, -0.2) is 10.9 Å². The predicted molar refractivity (Wildman–Crippen MR) is 88.7 cm³/mol. The number of amides is 1. The molecule has 0 atom stereocenters. The second kappa shape index (κ2) is 6.08. The van der Waals surface area contributed by atoms with Gasteiger partial charge in [-0.25, -0.2) is 0 Å². The van der Waals surface area contributed by atoms with E-state index in [0.717, 1.165) is 30.0 Å². The number of aromatic amines is 1. The summed E-state index contributed by atoms with van der Waals surface area (Å²) in [6, 6.07) is 9.73. The molecule has 0 radical (unpaired) electrons. The highest BCUT2D eigenvalue weighted by Gasteiger charge is 2.30.